The van der Waals surface area contributed by atoms with Crippen molar-refractivity contribution in [3.63, 3.8) is 0 Å². The number of hydrogen-bond donors (Lipinski definition) is 1. The highest BCUT2D eigenvalue weighted by Gasteiger charge is 2.10. The average molecular weight is 316 g/mol. The second-order valence-electron chi connectivity index (χ2n) is 3.93. The van der Waals surface area contributed by atoms with Crippen LogP contribution < -0.4 is 5.32 Å². The Labute approximate surface area is 125 Å². The van der Waals surface area contributed by atoms with Crippen LogP contribution in [0.15, 0.2) is 30.5 Å². The monoisotopic (exact) mass is 314 g/mol. The Kier molecular flexibility index (Phi) is 4.30. The molecule has 0 fully saturated rings. The second kappa shape index (κ2) is 5.78. The lowest BCUT2D eigenvalue weighted by atomic mass is 10.2. The standard InChI is InChI=1S/C13H9Cl3N2O/c1-7-2-12(16)17-6-11(7)18-13(19)8-3-9(14)5-10(15)4-8/h2-6H,1H3,(H,18,19). The number of aromatic nitrogens is 1. The van der Waals surface area contributed by atoms with Crippen LogP contribution in [0.4, 0.5) is 5.69 Å². The molecule has 0 aliphatic heterocycles. The molecule has 1 heterocycles. The molecule has 3 nitrogen and oxygen atoms in total. The lowest BCUT2D eigenvalue weighted by Crippen LogP contribution is -2.13. The topological polar surface area (TPSA) is 42.0 Å². The van der Waals surface area contributed by atoms with Gasteiger partial charge in [-0.15, -0.1) is 0 Å². The van der Waals surface area contributed by atoms with Crippen molar-refractivity contribution >= 4 is 46.4 Å². The molecule has 2 rings (SSSR count). The Morgan fingerprint density at radius 2 is 1.74 bits per heavy atom. The number of carbonyl (C=O) groups excluding carboxylic acids is 1. The van der Waals surface area contributed by atoms with Crippen LogP contribution in [0.25, 0.3) is 0 Å². The minimum Gasteiger partial charge on any atom is -0.320 e. The fourth-order valence-corrected chi connectivity index (χ4v) is 2.27. The molecule has 0 saturated heterocycles. The first-order valence-corrected chi connectivity index (χ1v) is 6.48. The quantitative estimate of drug-likeness (QED) is 0.823. The number of halogens is 3. The molecule has 1 N–H and O–H groups in total. The summed E-state index contributed by atoms with van der Waals surface area (Å²) in [6.45, 7) is 1.83. The highest BCUT2D eigenvalue weighted by Crippen LogP contribution is 2.21. The van der Waals surface area contributed by atoms with Crippen LogP contribution in [-0.2, 0) is 0 Å². The number of carbonyl (C=O) groups is 1. The Balaban J connectivity index is 2.25. The number of nitrogens with one attached hydrogen (secondary N) is 1. The van der Waals surface area contributed by atoms with Gasteiger partial charge in [0, 0.05) is 15.6 Å². The number of amides is 1. The molecule has 6 heteroatoms. The van der Waals surface area contributed by atoms with E-state index in [-0.39, 0.29) is 5.91 Å². The normalized spacial score (nSPS) is 10.3. The largest absolute Gasteiger partial charge is 0.320 e. The van der Waals surface area contributed by atoms with Gasteiger partial charge in [-0.25, -0.2) is 4.98 Å². The third-order valence-electron chi connectivity index (χ3n) is 2.45. The van der Waals surface area contributed by atoms with Crippen molar-refractivity contribution in [2.45, 2.75) is 6.92 Å². The Morgan fingerprint density at radius 3 is 2.32 bits per heavy atom. The SMILES string of the molecule is Cc1cc(Cl)ncc1NC(=O)c1cc(Cl)cc(Cl)c1. The number of benzene rings is 1. The first-order chi connectivity index (χ1) is 8.95. The van der Waals surface area contributed by atoms with Crippen molar-refractivity contribution in [2.75, 3.05) is 5.32 Å². The summed E-state index contributed by atoms with van der Waals surface area (Å²) in [7, 11) is 0. The molecule has 0 radical (unpaired) electrons. The molecule has 0 bridgehead atoms. The number of anilines is 1. The van der Waals surface area contributed by atoms with Crippen molar-refractivity contribution in [3.05, 3.63) is 56.8 Å². The van der Waals surface area contributed by atoms with Gasteiger partial charge in [-0.1, -0.05) is 34.8 Å². The van der Waals surface area contributed by atoms with E-state index in [2.05, 4.69) is 10.3 Å². The smallest absolute Gasteiger partial charge is 0.255 e. The highest BCUT2D eigenvalue weighted by atomic mass is 35.5. The fourth-order valence-electron chi connectivity index (χ4n) is 1.53. The van der Waals surface area contributed by atoms with Crippen LogP contribution >= 0.6 is 34.8 Å². The van der Waals surface area contributed by atoms with E-state index < -0.39 is 0 Å². The molecule has 0 aliphatic rings. The van der Waals surface area contributed by atoms with Gasteiger partial charge in [0.2, 0.25) is 0 Å². The predicted octanol–water partition coefficient (Wildman–Crippen LogP) is 4.60. The zero-order chi connectivity index (χ0) is 14.0. The molecule has 2 aromatic rings. The summed E-state index contributed by atoms with van der Waals surface area (Å²) in [6.07, 6.45) is 1.50. The average Bonchev–Trinajstić information content (AvgIpc) is 2.31. The molecule has 0 unspecified atom stereocenters. The first kappa shape index (κ1) is 14.1. The van der Waals surface area contributed by atoms with Crippen LogP contribution in [-0.4, -0.2) is 10.9 Å². The van der Waals surface area contributed by atoms with Gasteiger partial charge in [-0.3, -0.25) is 4.79 Å². The van der Waals surface area contributed by atoms with E-state index >= 15 is 0 Å². The molecule has 98 valence electrons. The van der Waals surface area contributed by atoms with Gasteiger partial charge in [-0.2, -0.15) is 0 Å². The first-order valence-electron chi connectivity index (χ1n) is 5.35. The van der Waals surface area contributed by atoms with E-state index in [0.717, 1.165) is 5.56 Å². The molecule has 1 aromatic heterocycles. The summed E-state index contributed by atoms with van der Waals surface area (Å²) in [4.78, 5) is 16.0. The summed E-state index contributed by atoms with van der Waals surface area (Å²) in [5.41, 5.74) is 1.79. The maximum atomic E-state index is 12.1. The van der Waals surface area contributed by atoms with E-state index in [9.17, 15) is 4.79 Å². The minimum absolute atomic E-state index is 0.309. The fraction of sp³-hybridized carbons (Fsp3) is 0.0769. The molecule has 1 aromatic carbocycles. The van der Waals surface area contributed by atoms with Crippen LogP contribution in [0.2, 0.25) is 15.2 Å². The molecule has 1 amide bonds. The van der Waals surface area contributed by atoms with Gasteiger partial charge in [0.05, 0.1) is 11.9 Å². The number of nitrogens with zero attached hydrogens (tertiary/aromatic N) is 1. The molecule has 0 atom stereocenters. The summed E-state index contributed by atoms with van der Waals surface area (Å²) in [6, 6.07) is 6.32. The highest BCUT2D eigenvalue weighted by molar-refractivity contribution is 6.35. The van der Waals surface area contributed by atoms with Gasteiger partial charge in [0.25, 0.3) is 5.91 Å². The van der Waals surface area contributed by atoms with Crippen molar-refractivity contribution in [3.8, 4) is 0 Å². The summed E-state index contributed by atoms with van der Waals surface area (Å²) >= 11 is 17.5. The lowest BCUT2D eigenvalue weighted by Gasteiger charge is -2.08. The maximum absolute atomic E-state index is 12.1. The molecular weight excluding hydrogens is 307 g/mol. The van der Waals surface area contributed by atoms with Crippen molar-refractivity contribution < 1.29 is 4.79 Å². The zero-order valence-electron chi connectivity index (χ0n) is 9.88. The van der Waals surface area contributed by atoms with E-state index in [1.54, 1.807) is 24.3 Å². The van der Waals surface area contributed by atoms with Crippen molar-refractivity contribution in [2.24, 2.45) is 0 Å². The van der Waals surface area contributed by atoms with Gasteiger partial charge < -0.3 is 5.32 Å². The number of rotatable bonds is 2. The molecule has 0 spiro atoms. The Bertz CT molecular complexity index is 624. The Hall–Kier alpha value is -1.29. The summed E-state index contributed by atoms with van der Waals surface area (Å²) in [5, 5.41) is 3.92. The molecular formula is C13H9Cl3N2O. The van der Waals surface area contributed by atoms with Crippen molar-refractivity contribution in [1.82, 2.24) is 4.98 Å². The van der Waals surface area contributed by atoms with Gasteiger partial charge in [0.15, 0.2) is 0 Å². The number of hydrogen-bond acceptors (Lipinski definition) is 2. The van der Waals surface area contributed by atoms with Crippen LogP contribution in [0.1, 0.15) is 15.9 Å². The number of pyridine rings is 1. The second-order valence-corrected chi connectivity index (χ2v) is 5.19. The Morgan fingerprint density at radius 1 is 1.11 bits per heavy atom. The van der Waals surface area contributed by atoms with E-state index in [0.29, 0.717) is 26.4 Å². The zero-order valence-corrected chi connectivity index (χ0v) is 12.1. The number of aryl methyl sites for hydroxylation is 1. The van der Waals surface area contributed by atoms with E-state index in [1.165, 1.54) is 6.20 Å². The molecule has 19 heavy (non-hydrogen) atoms. The molecule has 0 saturated carbocycles. The third-order valence-corrected chi connectivity index (χ3v) is 3.09. The van der Waals surface area contributed by atoms with Crippen LogP contribution in [0.5, 0.6) is 0 Å². The van der Waals surface area contributed by atoms with Gasteiger partial charge in [-0.05, 0) is 36.8 Å². The summed E-state index contributed by atoms with van der Waals surface area (Å²) < 4.78 is 0. The minimum atomic E-state index is -0.309. The molecule has 0 aliphatic carbocycles. The van der Waals surface area contributed by atoms with E-state index in [4.69, 9.17) is 34.8 Å². The van der Waals surface area contributed by atoms with Crippen LogP contribution in [0.3, 0.4) is 0 Å². The van der Waals surface area contributed by atoms with Gasteiger partial charge >= 0.3 is 0 Å². The van der Waals surface area contributed by atoms with Crippen molar-refractivity contribution in [1.29, 1.82) is 0 Å². The summed E-state index contributed by atoms with van der Waals surface area (Å²) in [5.74, 6) is -0.309. The maximum Gasteiger partial charge on any atom is 0.255 e. The third kappa shape index (κ3) is 3.60. The van der Waals surface area contributed by atoms with E-state index in [1.807, 2.05) is 6.92 Å². The van der Waals surface area contributed by atoms with Gasteiger partial charge in [0.1, 0.15) is 5.15 Å². The lowest BCUT2D eigenvalue weighted by molar-refractivity contribution is 0.102. The van der Waals surface area contributed by atoms with Crippen LogP contribution in [0, 0.1) is 6.92 Å². The predicted molar refractivity (Wildman–Crippen MR) is 78.4 cm³/mol.